The lowest BCUT2D eigenvalue weighted by molar-refractivity contribution is -0.637. The second-order valence-electron chi connectivity index (χ2n) is 10.1. The molecule has 0 amide bonds. The second-order valence-corrected chi connectivity index (χ2v) is 11.9. The number of aliphatic hydroxyl groups is 4. The third-order valence-electron chi connectivity index (χ3n) is 7.38. The summed E-state index contributed by atoms with van der Waals surface area (Å²) in [5.41, 5.74) is -2.10. The van der Waals surface area contributed by atoms with Gasteiger partial charge in [-0.1, -0.05) is 22.5 Å². The minimum absolute atomic E-state index is 0.0719. The van der Waals surface area contributed by atoms with Gasteiger partial charge in [0, 0.05) is 11.8 Å². The van der Waals surface area contributed by atoms with Crippen LogP contribution in [0.4, 0.5) is 5.82 Å². The molecule has 228 valence electrons. The van der Waals surface area contributed by atoms with Crippen LogP contribution in [0, 0.1) is 10.1 Å². The first-order chi connectivity index (χ1) is 20.5. The van der Waals surface area contributed by atoms with E-state index < -0.39 is 64.0 Å². The van der Waals surface area contributed by atoms with E-state index in [0.717, 1.165) is 15.2 Å². The van der Waals surface area contributed by atoms with Gasteiger partial charge in [-0.2, -0.15) is 0 Å². The summed E-state index contributed by atoms with van der Waals surface area (Å²) < 4.78 is 39.2. The zero-order valence-electron chi connectivity index (χ0n) is 22.2. The van der Waals surface area contributed by atoms with Gasteiger partial charge in [-0.05, 0) is 24.3 Å². The largest absolute Gasteiger partial charge is 0.486 e. The number of aromatic nitrogens is 4. The van der Waals surface area contributed by atoms with E-state index in [2.05, 4.69) is 20.5 Å². The van der Waals surface area contributed by atoms with E-state index in [0.29, 0.717) is 0 Å². The van der Waals surface area contributed by atoms with Crippen LogP contribution in [-0.4, -0.2) is 103 Å². The number of ether oxygens (including phenoxy) is 2. The van der Waals surface area contributed by atoms with Crippen LogP contribution in [-0.2, 0) is 31.9 Å². The van der Waals surface area contributed by atoms with Crippen LogP contribution < -0.4 is 9.04 Å². The lowest BCUT2D eigenvalue weighted by atomic mass is 9.93. The highest BCUT2D eigenvalue weighted by atomic mass is 32.2. The molecule has 7 atom stereocenters. The Kier molecular flexibility index (Phi) is 7.02. The van der Waals surface area contributed by atoms with Crippen LogP contribution in [0.15, 0.2) is 53.9 Å². The van der Waals surface area contributed by atoms with E-state index >= 15 is 0 Å². The van der Waals surface area contributed by atoms with Gasteiger partial charge >= 0.3 is 5.72 Å². The molecule has 18 nitrogen and oxygen atoms in total. The molecule has 5 heterocycles. The first-order valence-electron chi connectivity index (χ1n) is 12.8. The second kappa shape index (κ2) is 10.5. The molecular weight excluding hydrogens is 594 g/mol. The summed E-state index contributed by atoms with van der Waals surface area (Å²) in [5.74, 6) is 0.00561. The van der Waals surface area contributed by atoms with Crippen LogP contribution in [0.3, 0.4) is 0 Å². The quantitative estimate of drug-likeness (QED) is 0.161. The summed E-state index contributed by atoms with van der Waals surface area (Å²) >= 11 is 0. The molecule has 0 radical (unpaired) electrons. The molecule has 3 aromatic rings. The number of aliphatic hydroxyl groups excluding tert-OH is 4. The molecule has 3 aliphatic rings. The molecule has 1 aromatic carbocycles. The van der Waals surface area contributed by atoms with Crippen LogP contribution in [0.1, 0.15) is 23.0 Å². The van der Waals surface area contributed by atoms with Crippen molar-refractivity contribution in [2.75, 3.05) is 17.2 Å². The monoisotopic (exact) mass is 619 g/mol. The zero-order valence-corrected chi connectivity index (χ0v) is 23.0. The predicted octanol–water partition coefficient (Wildman–Crippen LogP) is -1.76. The van der Waals surface area contributed by atoms with Crippen molar-refractivity contribution in [3.8, 4) is 5.75 Å². The first-order valence-corrected chi connectivity index (χ1v) is 14.6. The van der Waals surface area contributed by atoms with Crippen molar-refractivity contribution in [2.24, 2.45) is 5.16 Å². The maximum atomic E-state index is 12.9. The maximum Gasteiger partial charge on any atom is 0.440 e. The Morgan fingerprint density at radius 1 is 1.14 bits per heavy atom. The van der Waals surface area contributed by atoms with Gasteiger partial charge in [-0.3, -0.25) is 10.1 Å². The number of hydrogen-bond donors (Lipinski definition) is 4. The number of rotatable bonds is 8. The Hall–Kier alpha value is -4.27. The lowest BCUT2D eigenvalue weighted by Gasteiger charge is -2.39. The molecule has 0 bridgehead atoms. The predicted molar refractivity (Wildman–Crippen MR) is 141 cm³/mol. The van der Waals surface area contributed by atoms with Crippen molar-refractivity contribution >= 4 is 21.6 Å². The topological polar surface area (TPSA) is 245 Å². The van der Waals surface area contributed by atoms with E-state index in [4.69, 9.17) is 14.3 Å². The number of fused-ring (bicyclic) bond motifs is 3. The maximum absolute atomic E-state index is 12.9. The third kappa shape index (κ3) is 4.48. The van der Waals surface area contributed by atoms with Crippen LogP contribution in [0.25, 0.3) is 0 Å². The van der Waals surface area contributed by atoms with Gasteiger partial charge in [-0.25, -0.2) is 22.4 Å². The van der Waals surface area contributed by atoms with Gasteiger partial charge in [0.25, 0.3) is 0 Å². The Labute approximate surface area is 242 Å². The van der Waals surface area contributed by atoms with Crippen molar-refractivity contribution in [3.63, 3.8) is 0 Å². The van der Waals surface area contributed by atoms with Crippen LogP contribution in [0.5, 0.6) is 5.75 Å². The van der Waals surface area contributed by atoms with E-state index in [1.807, 2.05) is 0 Å². The Morgan fingerprint density at radius 3 is 2.63 bits per heavy atom. The van der Waals surface area contributed by atoms with Crippen LogP contribution >= 0.6 is 0 Å². The Balaban J connectivity index is 1.28. The van der Waals surface area contributed by atoms with Gasteiger partial charge < -0.3 is 34.7 Å². The number of benzene rings is 1. The molecule has 0 aliphatic carbocycles. The molecule has 1 fully saturated rings. The minimum Gasteiger partial charge on any atom is -0.486 e. The Bertz CT molecular complexity index is 1700. The first kappa shape index (κ1) is 28.8. The third-order valence-corrected chi connectivity index (χ3v) is 8.48. The molecular formula is C24H25N7O11S. The zero-order chi connectivity index (χ0) is 30.7. The molecule has 2 aromatic heterocycles. The Morgan fingerprint density at radius 2 is 1.91 bits per heavy atom. The van der Waals surface area contributed by atoms with Crippen molar-refractivity contribution in [1.82, 2.24) is 20.0 Å². The van der Waals surface area contributed by atoms with Gasteiger partial charge in [0.05, 0.1) is 24.0 Å². The van der Waals surface area contributed by atoms with Gasteiger partial charge in [0.1, 0.15) is 53.7 Å². The average Bonchev–Trinajstić information content (AvgIpc) is 3.68. The van der Waals surface area contributed by atoms with E-state index in [9.17, 15) is 39.0 Å². The van der Waals surface area contributed by atoms with Crippen LogP contribution in [0.2, 0.25) is 0 Å². The molecule has 1 saturated heterocycles. The number of nitro groups is 1. The number of hydrogen-bond acceptors (Lipinski definition) is 15. The molecule has 2 unspecified atom stereocenters. The van der Waals surface area contributed by atoms with E-state index in [1.165, 1.54) is 36.7 Å². The number of nitrogens with zero attached hydrogens (tertiary/aromatic N) is 7. The van der Waals surface area contributed by atoms with Crippen molar-refractivity contribution < 1.29 is 48.1 Å². The number of anilines is 1. The summed E-state index contributed by atoms with van der Waals surface area (Å²) in [6.45, 7) is -0.835. The molecule has 0 saturated carbocycles. The number of para-hydroxylation sites is 1. The van der Waals surface area contributed by atoms with Crippen molar-refractivity contribution in [3.05, 3.63) is 75.7 Å². The molecule has 3 aliphatic heterocycles. The number of sulfonamides is 1. The van der Waals surface area contributed by atoms with E-state index in [1.54, 1.807) is 12.1 Å². The normalized spacial score (nSPS) is 29.9. The summed E-state index contributed by atoms with van der Waals surface area (Å²) in [6, 6.07) is 7.56. The summed E-state index contributed by atoms with van der Waals surface area (Å²) in [6.07, 6.45) is -3.59. The fraction of sp³-hybridized carbons (Fsp3) is 0.417. The molecule has 19 heteroatoms. The van der Waals surface area contributed by atoms with Gasteiger partial charge in [0.2, 0.25) is 16.1 Å². The number of pyridine rings is 1. The molecule has 0 spiro atoms. The molecule has 43 heavy (non-hydrogen) atoms. The van der Waals surface area contributed by atoms with Crippen molar-refractivity contribution in [1.29, 1.82) is 0 Å². The molecule has 6 rings (SSSR count). The summed E-state index contributed by atoms with van der Waals surface area (Å²) in [4.78, 5) is 21.3. The highest BCUT2D eigenvalue weighted by Gasteiger charge is 2.72. The van der Waals surface area contributed by atoms with Gasteiger partial charge in [0.15, 0.2) is 12.0 Å². The summed E-state index contributed by atoms with van der Waals surface area (Å²) in [5, 5.41) is 64.2. The minimum atomic E-state index is -4.11. The number of oxime groups is 1. The smallest absolute Gasteiger partial charge is 0.440 e. The summed E-state index contributed by atoms with van der Waals surface area (Å²) in [7, 11) is -4.11. The average molecular weight is 620 g/mol. The lowest BCUT2D eigenvalue weighted by Crippen LogP contribution is -2.56. The standard InChI is InChI=1S/C24H25N7O11S/c1-43(38,39)30-21-17(27-42-24(21,31(36)37)14-6-4-8-25-22(14)30)13-5-2-3-7-15(13)40-11-12-9-29(28-26-12)23-20(35)19(34)18(33)16(10-32)41-23/h2-9,16,18-21,23,32-35H,10-11H2,1H3/t16-,18-,19+,20-,21?,23-,24?/m1/s1. The molecule has 4 N–H and O–H groups in total. The van der Waals surface area contributed by atoms with E-state index in [-0.39, 0.29) is 40.7 Å². The fourth-order valence-electron chi connectivity index (χ4n) is 5.38. The highest BCUT2D eigenvalue weighted by molar-refractivity contribution is 7.92. The highest BCUT2D eigenvalue weighted by Crippen LogP contribution is 2.51. The fourth-order valence-corrected chi connectivity index (χ4v) is 6.47. The SMILES string of the molecule is CS(=O)(=O)N1c2ncccc2C2([N+](=O)[O-])ON=C(c3ccccc3OCc3cn([C@@H]4O[C@H](CO)[C@@H](O)[C@H](O)[C@H]4O)nn3)C12. The van der Waals surface area contributed by atoms with Gasteiger partial charge in [-0.15, -0.1) is 5.10 Å². The van der Waals surface area contributed by atoms with Crippen molar-refractivity contribution in [2.45, 2.75) is 49.0 Å².